The number of primary amides is 1. The molecule has 1 aromatic carbocycles. The Morgan fingerprint density at radius 3 is 2.36 bits per heavy atom. The molecule has 8 N–H and O–H groups in total. The van der Waals surface area contributed by atoms with Gasteiger partial charge in [0.2, 0.25) is 17.7 Å². The van der Waals surface area contributed by atoms with Crippen LogP contribution in [0.5, 0.6) is 0 Å². The number of nitrogens with zero attached hydrogens (tertiary/aromatic N) is 1. The van der Waals surface area contributed by atoms with Crippen molar-refractivity contribution in [3.8, 4) is 0 Å². The average Bonchev–Trinajstić information content (AvgIpc) is 2.73. The molecule has 0 heterocycles. The first-order chi connectivity index (χ1) is 15.3. The molecule has 0 spiro atoms. The number of amides is 3. The monoisotopic (exact) mass is 596 g/mol. The third-order valence-electron chi connectivity index (χ3n) is 4.11. The first-order valence-electron chi connectivity index (χ1n) is 9.27. The molecule has 2 unspecified atom stereocenters. The van der Waals surface area contributed by atoms with Crippen LogP contribution in [-0.2, 0) is 19.2 Å². The summed E-state index contributed by atoms with van der Waals surface area (Å²) in [5, 5.41) is 22.2. The largest absolute Gasteiger partial charge is 0.480 e. The standard InChI is InChI=1S/C18H22IN5O8S/c1-24(32)11-4-8(16(21)28)5-12(15(11)19)33-7-10(17(29)22-6-14(26)27)23-13(25)3-2-9(20)18(30)31/h4-5,9-10H,2-3,6-7,20H2,1H3,(H5-,21,22,23,25,26,27,28,29,30,31)/p+1. The second-order valence-electron chi connectivity index (χ2n) is 6.70. The maximum Gasteiger partial charge on any atom is 0.322 e. The summed E-state index contributed by atoms with van der Waals surface area (Å²) in [6.45, 7) is -0.681. The molecule has 0 aliphatic rings. The van der Waals surface area contributed by atoms with Crippen molar-refractivity contribution < 1.29 is 38.9 Å². The third-order valence-corrected chi connectivity index (χ3v) is 6.75. The Balaban J connectivity index is 3.06. The van der Waals surface area contributed by atoms with Gasteiger partial charge in [-0.1, -0.05) is 0 Å². The minimum absolute atomic E-state index is 0.0641. The van der Waals surface area contributed by atoms with Crippen molar-refractivity contribution >= 4 is 69.7 Å². The molecule has 13 nitrogen and oxygen atoms in total. The van der Waals surface area contributed by atoms with E-state index in [0.717, 1.165) is 11.8 Å². The van der Waals surface area contributed by atoms with Gasteiger partial charge in [-0.05, 0) is 35.1 Å². The number of carboxylic acids is 2. The highest BCUT2D eigenvalue weighted by Crippen LogP contribution is 2.33. The van der Waals surface area contributed by atoms with Crippen LogP contribution in [-0.4, -0.2) is 76.1 Å². The number of hydrogen-bond acceptors (Lipinski definition) is 8. The van der Waals surface area contributed by atoms with Crippen molar-refractivity contribution in [2.24, 2.45) is 11.5 Å². The lowest BCUT2D eigenvalue weighted by Crippen LogP contribution is -2.49. The van der Waals surface area contributed by atoms with E-state index in [2.05, 4.69) is 10.6 Å². The van der Waals surface area contributed by atoms with Crippen LogP contribution in [0.15, 0.2) is 17.0 Å². The van der Waals surface area contributed by atoms with E-state index in [0.29, 0.717) is 13.2 Å². The van der Waals surface area contributed by atoms with Gasteiger partial charge in [-0.3, -0.25) is 24.0 Å². The SMILES string of the molecule is C[N+](=O)c1cc(C(N)=O)cc(SCC(NC(=O)CCC(N)C(=O)O)C(=O)NCC(=O)O)c1I. The highest BCUT2D eigenvalue weighted by atomic mass is 127. The van der Waals surface area contributed by atoms with Crippen LogP contribution in [0, 0.1) is 8.48 Å². The Hall–Kier alpha value is -2.79. The van der Waals surface area contributed by atoms with Crippen molar-refractivity contribution in [1.29, 1.82) is 0 Å². The van der Waals surface area contributed by atoms with Crippen LogP contribution >= 0.6 is 34.4 Å². The molecule has 0 aliphatic carbocycles. The zero-order valence-electron chi connectivity index (χ0n) is 17.4. The number of hydrogen-bond donors (Lipinski definition) is 6. The van der Waals surface area contributed by atoms with Crippen LogP contribution in [0.1, 0.15) is 23.2 Å². The summed E-state index contributed by atoms with van der Waals surface area (Å²) in [6.07, 6.45) is -0.448. The molecule has 1 aromatic rings. The molecule has 1 rings (SSSR count). The predicted octanol–water partition coefficient (Wildman–Crippen LogP) is -0.600. The van der Waals surface area contributed by atoms with Gasteiger partial charge in [0.1, 0.15) is 22.2 Å². The van der Waals surface area contributed by atoms with Gasteiger partial charge < -0.3 is 32.3 Å². The molecule has 180 valence electrons. The first kappa shape index (κ1) is 28.2. The number of aliphatic carboxylic acids is 2. The zero-order valence-corrected chi connectivity index (χ0v) is 20.3. The molecule has 33 heavy (non-hydrogen) atoms. The molecule has 0 radical (unpaired) electrons. The van der Waals surface area contributed by atoms with Crippen molar-refractivity contribution in [2.75, 3.05) is 19.3 Å². The lowest BCUT2D eigenvalue weighted by Gasteiger charge is -2.18. The fourth-order valence-corrected chi connectivity index (χ4v) is 4.52. The van der Waals surface area contributed by atoms with Gasteiger partial charge in [0.15, 0.2) is 7.05 Å². The number of thioether (sulfide) groups is 1. The van der Waals surface area contributed by atoms with Crippen LogP contribution < -0.4 is 22.1 Å². The summed E-state index contributed by atoms with van der Waals surface area (Å²) in [5.41, 5.74) is 10.9. The van der Waals surface area contributed by atoms with Gasteiger partial charge in [0.05, 0.1) is 0 Å². The molecule has 0 saturated carbocycles. The van der Waals surface area contributed by atoms with E-state index in [4.69, 9.17) is 21.7 Å². The fraction of sp³-hybridized carbons (Fsp3) is 0.389. The van der Waals surface area contributed by atoms with E-state index in [1.54, 1.807) is 0 Å². The molecular formula is C18H23IN5O8S+. The number of nitrogens with one attached hydrogen (secondary N) is 2. The van der Waals surface area contributed by atoms with E-state index < -0.39 is 48.3 Å². The summed E-state index contributed by atoms with van der Waals surface area (Å²) in [4.78, 5) is 70.1. The number of benzene rings is 1. The van der Waals surface area contributed by atoms with Crippen molar-refractivity contribution in [3.63, 3.8) is 0 Å². The van der Waals surface area contributed by atoms with Gasteiger partial charge in [0, 0.05) is 38.4 Å². The van der Waals surface area contributed by atoms with Crippen molar-refractivity contribution in [1.82, 2.24) is 10.6 Å². The number of rotatable bonds is 13. The second-order valence-corrected chi connectivity index (χ2v) is 8.84. The lowest BCUT2D eigenvalue weighted by atomic mass is 10.1. The lowest BCUT2D eigenvalue weighted by molar-refractivity contribution is -0.429. The van der Waals surface area contributed by atoms with Gasteiger partial charge >= 0.3 is 11.9 Å². The molecule has 0 fully saturated rings. The minimum Gasteiger partial charge on any atom is -0.480 e. The second kappa shape index (κ2) is 13.0. The fourth-order valence-electron chi connectivity index (χ4n) is 2.38. The topological polar surface area (TPSA) is 222 Å². The molecular weight excluding hydrogens is 573 g/mol. The smallest absolute Gasteiger partial charge is 0.322 e. The maximum absolute atomic E-state index is 12.4. The highest BCUT2D eigenvalue weighted by molar-refractivity contribution is 14.1. The number of carbonyl (C=O) groups excluding carboxylic acids is 3. The van der Waals surface area contributed by atoms with Gasteiger partial charge in [0.25, 0.3) is 5.69 Å². The molecule has 2 atom stereocenters. The molecule has 0 bridgehead atoms. The maximum atomic E-state index is 12.4. The number of carboxylic acid groups (broad SMARTS) is 2. The third kappa shape index (κ3) is 9.30. The quantitative estimate of drug-likeness (QED) is 0.0964. The van der Waals surface area contributed by atoms with E-state index in [1.807, 2.05) is 22.6 Å². The summed E-state index contributed by atoms with van der Waals surface area (Å²) in [6, 6.07) is 0.294. The number of halogens is 1. The van der Waals surface area contributed by atoms with Gasteiger partial charge in [-0.25, -0.2) is 0 Å². The van der Waals surface area contributed by atoms with E-state index in [-0.39, 0.29) is 29.8 Å². The Morgan fingerprint density at radius 1 is 1.21 bits per heavy atom. The molecule has 15 heteroatoms. The van der Waals surface area contributed by atoms with Crippen LogP contribution in [0.25, 0.3) is 0 Å². The van der Waals surface area contributed by atoms with Gasteiger partial charge in [-0.15, -0.1) is 11.8 Å². The molecule has 0 aliphatic heterocycles. The normalized spacial score (nSPS) is 12.3. The Labute approximate surface area is 205 Å². The van der Waals surface area contributed by atoms with Crippen LogP contribution in [0.4, 0.5) is 5.69 Å². The van der Waals surface area contributed by atoms with E-state index >= 15 is 0 Å². The van der Waals surface area contributed by atoms with E-state index in [9.17, 15) is 28.9 Å². The Morgan fingerprint density at radius 2 is 1.85 bits per heavy atom. The summed E-state index contributed by atoms with van der Waals surface area (Å²) in [7, 11) is 1.24. The molecule has 0 aromatic heterocycles. The van der Waals surface area contributed by atoms with Crippen LogP contribution in [0.3, 0.4) is 0 Å². The Bertz CT molecular complexity index is 973. The molecule has 3 amide bonds. The van der Waals surface area contributed by atoms with Crippen LogP contribution in [0.2, 0.25) is 0 Å². The summed E-state index contributed by atoms with van der Waals surface area (Å²) in [5.74, 6) is -4.89. The summed E-state index contributed by atoms with van der Waals surface area (Å²) < 4.78 is 1.02. The Kier molecular flexibility index (Phi) is 11.2. The molecule has 0 saturated heterocycles. The average molecular weight is 596 g/mol. The minimum atomic E-state index is -1.29. The summed E-state index contributed by atoms with van der Waals surface area (Å²) >= 11 is 2.92. The first-order valence-corrected chi connectivity index (χ1v) is 11.3. The number of nitroso groups, excluding NO2 is 1. The van der Waals surface area contributed by atoms with Gasteiger partial charge in [-0.2, -0.15) is 0 Å². The number of nitrogens with two attached hydrogens (primary N) is 2. The highest BCUT2D eigenvalue weighted by Gasteiger charge is 2.25. The number of carbonyl (C=O) groups is 5. The van der Waals surface area contributed by atoms with E-state index in [1.165, 1.54) is 19.2 Å². The van der Waals surface area contributed by atoms with Crippen molar-refractivity contribution in [2.45, 2.75) is 29.8 Å². The zero-order chi connectivity index (χ0) is 25.3. The predicted molar refractivity (Wildman–Crippen MR) is 125 cm³/mol. The van der Waals surface area contributed by atoms with Crippen molar-refractivity contribution in [3.05, 3.63) is 26.2 Å².